The molecule has 0 amide bonds. The van der Waals surface area contributed by atoms with Crippen LogP contribution in [0.5, 0.6) is 5.75 Å². The Morgan fingerprint density at radius 3 is 2.56 bits per heavy atom. The van der Waals surface area contributed by atoms with Crippen molar-refractivity contribution >= 4 is 29.3 Å². The Morgan fingerprint density at radius 1 is 1.03 bits per heavy atom. The van der Waals surface area contributed by atoms with Crippen LogP contribution in [-0.2, 0) is 17.8 Å². The van der Waals surface area contributed by atoms with Gasteiger partial charge >= 0.3 is 5.97 Å². The predicted molar refractivity (Wildman–Crippen MR) is 128 cm³/mol. The van der Waals surface area contributed by atoms with E-state index >= 15 is 0 Å². The van der Waals surface area contributed by atoms with Crippen molar-refractivity contribution < 1.29 is 18.3 Å². The first-order valence-electron chi connectivity index (χ1n) is 10.4. The third-order valence-electron chi connectivity index (χ3n) is 5.10. The first-order valence-corrected chi connectivity index (χ1v) is 10.4. The lowest BCUT2D eigenvalue weighted by Gasteiger charge is -2.16. The highest BCUT2D eigenvalue weighted by Gasteiger charge is 2.18. The molecule has 9 heteroatoms. The Kier molecular flexibility index (Phi) is 8.09. The summed E-state index contributed by atoms with van der Waals surface area (Å²) in [5.74, 6) is -0.914. The Morgan fingerprint density at radius 2 is 1.79 bits per heavy atom. The molecule has 0 aliphatic rings. The minimum atomic E-state index is -0.549. The number of likely N-dealkylation sites (N-methyl/N-ethyl adjacent to an activating group) is 1. The highest BCUT2D eigenvalue weighted by atomic mass is 35.5. The number of carbonyl (C=O) groups is 1. The summed E-state index contributed by atoms with van der Waals surface area (Å²) in [6, 6.07) is 16.7. The van der Waals surface area contributed by atoms with Gasteiger partial charge in [0.25, 0.3) is 5.56 Å². The molecule has 1 aromatic heterocycles. The SMILES string of the molecule is CNCC(=O)Oc1ccccc1-c1nc2ccc(F)cc2c(=O)n1CCc1cccc(F)c1.Cl. The molecule has 1 heterocycles. The molecule has 1 N–H and O–H groups in total. The summed E-state index contributed by atoms with van der Waals surface area (Å²) in [4.78, 5) is 30.1. The summed E-state index contributed by atoms with van der Waals surface area (Å²) in [6.07, 6.45) is 0.342. The molecule has 0 fully saturated rings. The van der Waals surface area contributed by atoms with Crippen molar-refractivity contribution in [3.8, 4) is 17.1 Å². The molecule has 0 aliphatic heterocycles. The molecule has 4 aromatic rings. The average Bonchev–Trinajstić information content (AvgIpc) is 2.79. The smallest absolute Gasteiger partial charge is 0.325 e. The van der Waals surface area contributed by atoms with Gasteiger partial charge in [0.1, 0.15) is 23.2 Å². The number of hydrogen-bond acceptors (Lipinski definition) is 5. The van der Waals surface area contributed by atoms with Crippen molar-refractivity contribution in [2.24, 2.45) is 0 Å². The highest BCUT2D eigenvalue weighted by Crippen LogP contribution is 2.29. The van der Waals surface area contributed by atoms with E-state index in [1.165, 1.54) is 28.8 Å². The number of aryl methyl sites for hydroxylation is 1. The van der Waals surface area contributed by atoms with E-state index < -0.39 is 17.3 Å². The fourth-order valence-electron chi connectivity index (χ4n) is 3.58. The van der Waals surface area contributed by atoms with Crippen LogP contribution < -0.4 is 15.6 Å². The Hall–Kier alpha value is -3.62. The van der Waals surface area contributed by atoms with E-state index in [1.807, 2.05) is 0 Å². The normalized spacial score (nSPS) is 10.7. The van der Waals surface area contributed by atoms with Gasteiger partial charge < -0.3 is 10.1 Å². The van der Waals surface area contributed by atoms with Crippen LogP contribution in [0.25, 0.3) is 22.3 Å². The van der Waals surface area contributed by atoms with E-state index in [-0.39, 0.29) is 48.3 Å². The van der Waals surface area contributed by atoms with Crippen molar-refractivity contribution in [3.05, 3.63) is 94.3 Å². The van der Waals surface area contributed by atoms with E-state index in [4.69, 9.17) is 4.74 Å². The molecule has 0 aliphatic carbocycles. The van der Waals surface area contributed by atoms with Crippen LogP contribution >= 0.6 is 12.4 Å². The highest BCUT2D eigenvalue weighted by molar-refractivity contribution is 5.85. The summed E-state index contributed by atoms with van der Waals surface area (Å²) >= 11 is 0. The van der Waals surface area contributed by atoms with Crippen molar-refractivity contribution in [2.45, 2.75) is 13.0 Å². The van der Waals surface area contributed by atoms with Gasteiger partial charge in [-0.2, -0.15) is 0 Å². The first kappa shape index (κ1) is 25.0. The van der Waals surface area contributed by atoms with Crippen LogP contribution in [0.2, 0.25) is 0 Å². The van der Waals surface area contributed by atoms with E-state index in [9.17, 15) is 18.4 Å². The van der Waals surface area contributed by atoms with Gasteiger partial charge in [0, 0.05) is 6.54 Å². The van der Waals surface area contributed by atoms with Crippen LogP contribution in [0.3, 0.4) is 0 Å². The van der Waals surface area contributed by atoms with E-state index in [1.54, 1.807) is 43.4 Å². The molecule has 6 nitrogen and oxygen atoms in total. The fraction of sp³-hybridized carbons (Fsp3) is 0.160. The minimum absolute atomic E-state index is 0. The zero-order valence-electron chi connectivity index (χ0n) is 18.3. The zero-order valence-corrected chi connectivity index (χ0v) is 19.1. The van der Waals surface area contributed by atoms with Crippen molar-refractivity contribution in [1.82, 2.24) is 14.9 Å². The summed E-state index contributed by atoms with van der Waals surface area (Å²) in [6.45, 7) is 0.168. The average molecular weight is 486 g/mol. The topological polar surface area (TPSA) is 73.2 Å². The molecule has 0 radical (unpaired) electrons. The molecule has 176 valence electrons. The number of nitrogens with one attached hydrogen (secondary N) is 1. The van der Waals surface area contributed by atoms with Crippen molar-refractivity contribution in [3.63, 3.8) is 0 Å². The molecule has 0 unspecified atom stereocenters. The Bertz CT molecular complexity index is 1390. The second kappa shape index (κ2) is 11.0. The fourth-order valence-corrected chi connectivity index (χ4v) is 3.58. The van der Waals surface area contributed by atoms with E-state index in [0.29, 0.717) is 23.1 Å². The van der Waals surface area contributed by atoms with Crippen LogP contribution in [0, 0.1) is 11.6 Å². The van der Waals surface area contributed by atoms with Gasteiger partial charge in [-0.05, 0) is 61.5 Å². The lowest BCUT2D eigenvalue weighted by Crippen LogP contribution is -2.26. The van der Waals surface area contributed by atoms with Gasteiger partial charge in [0.05, 0.1) is 23.0 Å². The number of para-hydroxylation sites is 1. The molecule has 0 saturated carbocycles. The number of esters is 1. The zero-order chi connectivity index (χ0) is 23.4. The number of carbonyl (C=O) groups excluding carboxylic acids is 1. The number of rotatable bonds is 7. The second-order valence-electron chi connectivity index (χ2n) is 7.43. The maximum absolute atomic E-state index is 13.9. The number of aromatic nitrogens is 2. The van der Waals surface area contributed by atoms with Gasteiger partial charge in [-0.3, -0.25) is 14.2 Å². The number of halogens is 3. The van der Waals surface area contributed by atoms with Gasteiger partial charge in [-0.15, -0.1) is 12.4 Å². The second-order valence-corrected chi connectivity index (χ2v) is 7.43. The molecule has 0 spiro atoms. The summed E-state index contributed by atoms with van der Waals surface area (Å²) in [7, 11) is 1.63. The van der Waals surface area contributed by atoms with Crippen molar-refractivity contribution in [2.75, 3.05) is 13.6 Å². The van der Waals surface area contributed by atoms with Crippen LogP contribution in [0.4, 0.5) is 8.78 Å². The van der Waals surface area contributed by atoms with Crippen LogP contribution in [0.15, 0.2) is 71.5 Å². The maximum atomic E-state index is 13.9. The van der Waals surface area contributed by atoms with Gasteiger partial charge in [-0.25, -0.2) is 13.8 Å². The Balaban J connectivity index is 0.00000324. The number of hydrogen-bond donors (Lipinski definition) is 1. The first-order chi connectivity index (χ1) is 16.0. The van der Waals surface area contributed by atoms with Gasteiger partial charge in [0.15, 0.2) is 0 Å². The Labute approximate surface area is 200 Å². The third-order valence-corrected chi connectivity index (χ3v) is 5.10. The molecule has 3 aromatic carbocycles. The molecule has 0 atom stereocenters. The van der Waals surface area contributed by atoms with Crippen LogP contribution in [0.1, 0.15) is 5.56 Å². The largest absolute Gasteiger partial charge is 0.425 e. The lowest BCUT2D eigenvalue weighted by molar-refractivity contribution is -0.133. The summed E-state index contributed by atoms with van der Waals surface area (Å²) < 4.78 is 34.4. The minimum Gasteiger partial charge on any atom is -0.425 e. The molecule has 0 bridgehead atoms. The molecular formula is C25H22ClF2N3O3. The predicted octanol–water partition coefficient (Wildman–Crippen LogP) is 4.13. The van der Waals surface area contributed by atoms with E-state index in [2.05, 4.69) is 10.3 Å². The molecule has 4 rings (SSSR count). The standard InChI is InChI=1S/C25H21F2N3O3.ClH/c1-28-15-23(31)33-22-8-3-2-7-19(22)24-29-21-10-9-18(27)14-20(21)25(32)30(24)12-11-16-5-4-6-17(26)13-16;/h2-10,13-14,28H,11-12,15H2,1H3;1H. The van der Waals surface area contributed by atoms with Gasteiger partial charge in [-0.1, -0.05) is 24.3 Å². The number of ether oxygens (including phenoxy) is 1. The third kappa shape index (κ3) is 5.47. The number of benzene rings is 3. The van der Waals surface area contributed by atoms with Gasteiger partial charge in [0.2, 0.25) is 0 Å². The monoisotopic (exact) mass is 485 g/mol. The molecule has 0 saturated heterocycles. The van der Waals surface area contributed by atoms with Crippen LogP contribution in [-0.4, -0.2) is 29.1 Å². The lowest BCUT2D eigenvalue weighted by atomic mass is 10.1. The summed E-state index contributed by atoms with van der Waals surface area (Å²) in [5.41, 5.74) is 1.00. The maximum Gasteiger partial charge on any atom is 0.325 e. The molecule has 34 heavy (non-hydrogen) atoms. The molecular weight excluding hydrogens is 464 g/mol. The quantitative estimate of drug-likeness (QED) is 0.315. The van der Waals surface area contributed by atoms with E-state index in [0.717, 1.165) is 6.07 Å². The van der Waals surface area contributed by atoms with Crippen molar-refractivity contribution in [1.29, 1.82) is 0 Å². The number of fused-ring (bicyclic) bond motifs is 1. The number of nitrogens with zero attached hydrogens (tertiary/aromatic N) is 2. The summed E-state index contributed by atoms with van der Waals surface area (Å²) in [5, 5.41) is 2.86.